The van der Waals surface area contributed by atoms with Crippen LogP contribution in [0.1, 0.15) is 23.7 Å². The van der Waals surface area contributed by atoms with Crippen LogP contribution in [0.25, 0.3) is 0 Å². The summed E-state index contributed by atoms with van der Waals surface area (Å²) in [7, 11) is 0. The van der Waals surface area contributed by atoms with Crippen molar-refractivity contribution in [3.8, 4) is 0 Å². The van der Waals surface area contributed by atoms with Gasteiger partial charge in [0.05, 0.1) is 0 Å². The SMILES string of the molecule is CC(=O)c1ccc(NC(=O)C2=CCN(c3ncccn3)CC2)cc1. The summed E-state index contributed by atoms with van der Waals surface area (Å²) < 4.78 is 0. The molecule has 1 aliphatic rings. The van der Waals surface area contributed by atoms with Gasteiger partial charge in [-0.15, -0.1) is 0 Å². The minimum absolute atomic E-state index is 0.00564. The van der Waals surface area contributed by atoms with E-state index in [9.17, 15) is 9.59 Å². The molecule has 1 amide bonds. The monoisotopic (exact) mass is 322 g/mol. The number of hydrogen-bond donors (Lipinski definition) is 1. The maximum absolute atomic E-state index is 12.3. The smallest absolute Gasteiger partial charge is 0.251 e. The maximum Gasteiger partial charge on any atom is 0.251 e. The average molecular weight is 322 g/mol. The molecule has 0 radical (unpaired) electrons. The molecule has 24 heavy (non-hydrogen) atoms. The van der Waals surface area contributed by atoms with Crippen molar-refractivity contribution < 1.29 is 9.59 Å². The van der Waals surface area contributed by atoms with Crippen LogP contribution in [0, 0.1) is 0 Å². The lowest BCUT2D eigenvalue weighted by molar-refractivity contribution is -0.113. The van der Waals surface area contributed by atoms with Gasteiger partial charge >= 0.3 is 0 Å². The molecule has 0 bridgehead atoms. The molecule has 3 rings (SSSR count). The first-order chi connectivity index (χ1) is 11.6. The van der Waals surface area contributed by atoms with Crippen molar-refractivity contribution in [2.75, 3.05) is 23.3 Å². The third-order valence-corrected chi connectivity index (χ3v) is 3.89. The van der Waals surface area contributed by atoms with Crippen molar-refractivity contribution >= 4 is 23.3 Å². The Morgan fingerprint density at radius 1 is 1.12 bits per heavy atom. The number of ketones is 1. The Kier molecular flexibility index (Phi) is 4.65. The summed E-state index contributed by atoms with van der Waals surface area (Å²) in [6, 6.07) is 8.67. The zero-order valence-corrected chi connectivity index (χ0v) is 13.4. The topological polar surface area (TPSA) is 75.2 Å². The van der Waals surface area contributed by atoms with Crippen LogP contribution in [-0.4, -0.2) is 34.7 Å². The molecule has 1 N–H and O–H groups in total. The van der Waals surface area contributed by atoms with Crippen LogP contribution in [0.2, 0.25) is 0 Å². The fourth-order valence-corrected chi connectivity index (χ4v) is 2.51. The van der Waals surface area contributed by atoms with Gasteiger partial charge in [0, 0.05) is 42.3 Å². The van der Waals surface area contributed by atoms with Gasteiger partial charge in [-0.05, 0) is 43.7 Å². The number of benzene rings is 1. The number of nitrogens with one attached hydrogen (secondary N) is 1. The van der Waals surface area contributed by atoms with Gasteiger partial charge in [-0.3, -0.25) is 9.59 Å². The number of aromatic nitrogens is 2. The van der Waals surface area contributed by atoms with E-state index in [0.717, 1.165) is 5.57 Å². The van der Waals surface area contributed by atoms with Crippen molar-refractivity contribution in [2.24, 2.45) is 0 Å². The first-order valence-corrected chi connectivity index (χ1v) is 7.77. The number of nitrogens with zero attached hydrogens (tertiary/aromatic N) is 3. The average Bonchev–Trinajstić information content (AvgIpc) is 2.63. The standard InChI is InChI=1S/C18H18N4O2/c1-13(23)14-3-5-16(6-4-14)21-17(24)15-7-11-22(12-8-15)18-19-9-2-10-20-18/h2-7,9-10H,8,11-12H2,1H3,(H,21,24). The summed E-state index contributed by atoms with van der Waals surface area (Å²) in [6.07, 6.45) is 5.95. The molecule has 0 spiro atoms. The van der Waals surface area contributed by atoms with E-state index in [2.05, 4.69) is 15.3 Å². The van der Waals surface area contributed by atoms with Gasteiger partial charge in [0.1, 0.15) is 0 Å². The molecule has 122 valence electrons. The Balaban J connectivity index is 1.62. The van der Waals surface area contributed by atoms with E-state index >= 15 is 0 Å². The number of anilines is 2. The van der Waals surface area contributed by atoms with Crippen molar-refractivity contribution in [3.05, 3.63) is 59.9 Å². The lowest BCUT2D eigenvalue weighted by Gasteiger charge is -2.25. The lowest BCUT2D eigenvalue weighted by atomic mass is 10.1. The van der Waals surface area contributed by atoms with Gasteiger partial charge in [-0.25, -0.2) is 9.97 Å². The highest BCUT2D eigenvalue weighted by molar-refractivity contribution is 6.04. The highest BCUT2D eigenvalue weighted by Gasteiger charge is 2.18. The summed E-state index contributed by atoms with van der Waals surface area (Å²) in [5, 5.41) is 2.86. The molecule has 1 aliphatic heterocycles. The molecule has 1 aromatic carbocycles. The molecule has 2 aromatic rings. The molecular weight excluding hydrogens is 304 g/mol. The molecule has 0 aliphatic carbocycles. The summed E-state index contributed by atoms with van der Waals surface area (Å²) in [6.45, 7) is 2.82. The number of Topliss-reactive ketones (excluding diaryl/α,β-unsaturated/α-hetero) is 1. The Morgan fingerprint density at radius 3 is 2.42 bits per heavy atom. The second-order valence-corrected chi connectivity index (χ2v) is 5.56. The van der Waals surface area contributed by atoms with E-state index in [1.54, 1.807) is 42.7 Å². The quantitative estimate of drug-likeness (QED) is 0.875. The molecule has 0 saturated carbocycles. The number of carbonyl (C=O) groups is 2. The molecular formula is C18H18N4O2. The van der Waals surface area contributed by atoms with Crippen molar-refractivity contribution in [1.29, 1.82) is 0 Å². The Morgan fingerprint density at radius 2 is 1.83 bits per heavy atom. The third-order valence-electron chi connectivity index (χ3n) is 3.89. The first kappa shape index (κ1) is 15.9. The second-order valence-electron chi connectivity index (χ2n) is 5.56. The molecule has 2 heterocycles. The van der Waals surface area contributed by atoms with Crippen LogP contribution in [-0.2, 0) is 4.79 Å². The van der Waals surface area contributed by atoms with Crippen LogP contribution in [0.5, 0.6) is 0 Å². The van der Waals surface area contributed by atoms with E-state index in [1.807, 2.05) is 11.0 Å². The summed E-state index contributed by atoms with van der Waals surface area (Å²) in [5.41, 5.74) is 2.06. The fraction of sp³-hybridized carbons (Fsp3) is 0.222. The number of amides is 1. The normalized spacial score (nSPS) is 14.0. The summed E-state index contributed by atoms with van der Waals surface area (Å²) >= 11 is 0. The Hall–Kier alpha value is -3.02. The third kappa shape index (κ3) is 3.65. The highest BCUT2D eigenvalue weighted by atomic mass is 16.1. The van der Waals surface area contributed by atoms with Crippen molar-refractivity contribution in [2.45, 2.75) is 13.3 Å². The molecule has 0 atom stereocenters. The summed E-state index contributed by atoms with van der Waals surface area (Å²) in [5.74, 6) is 0.568. The lowest BCUT2D eigenvalue weighted by Crippen LogP contribution is -2.32. The van der Waals surface area contributed by atoms with Gasteiger partial charge in [-0.1, -0.05) is 6.08 Å². The van der Waals surface area contributed by atoms with E-state index in [4.69, 9.17) is 0 Å². The van der Waals surface area contributed by atoms with E-state index < -0.39 is 0 Å². The largest absolute Gasteiger partial charge is 0.337 e. The minimum atomic E-state index is -0.112. The van der Waals surface area contributed by atoms with Crippen LogP contribution in [0.15, 0.2) is 54.4 Å². The van der Waals surface area contributed by atoms with E-state index in [0.29, 0.717) is 36.7 Å². The first-order valence-electron chi connectivity index (χ1n) is 7.77. The van der Waals surface area contributed by atoms with Crippen LogP contribution in [0.3, 0.4) is 0 Å². The fourth-order valence-electron chi connectivity index (χ4n) is 2.51. The zero-order chi connectivity index (χ0) is 16.9. The maximum atomic E-state index is 12.3. The van der Waals surface area contributed by atoms with Gasteiger partial charge in [0.15, 0.2) is 5.78 Å². The second kappa shape index (κ2) is 7.04. The molecule has 0 saturated heterocycles. The van der Waals surface area contributed by atoms with Gasteiger partial charge in [0.25, 0.3) is 5.91 Å². The number of rotatable bonds is 4. The van der Waals surface area contributed by atoms with Crippen molar-refractivity contribution in [3.63, 3.8) is 0 Å². The van der Waals surface area contributed by atoms with Gasteiger partial charge in [0.2, 0.25) is 5.95 Å². The Bertz CT molecular complexity index is 769. The van der Waals surface area contributed by atoms with Gasteiger partial charge in [-0.2, -0.15) is 0 Å². The van der Waals surface area contributed by atoms with Crippen molar-refractivity contribution in [1.82, 2.24) is 9.97 Å². The molecule has 0 fully saturated rings. The highest BCUT2D eigenvalue weighted by Crippen LogP contribution is 2.17. The molecule has 0 unspecified atom stereocenters. The Labute approximate surface area is 140 Å². The molecule has 1 aromatic heterocycles. The minimum Gasteiger partial charge on any atom is -0.337 e. The predicted octanol–water partition coefficient (Wildman–Crippen LogP) is 2.45. The zero-order valence-electron chi connectivity index (χ0n) is 13.4. The van der Waals surface area contributed by atoms with E-state index in [1.165, 1.54) is 6.92 Å². The number of carbonyl (C=O) groups excluding carboxylic acids is 2. The van der Waals surface area contributed by atoms with Gasteiger partial charge < -0.3 is 10.2 Å². The predicted molar refractivity (Wildman–Crippen MR) is 92.0 cm³/mol. The van der Waals surface area contributed by atoms with Crippen LogP contribution < -0.4 is 10.2 Å². The molecule has 6 heteroatoms. The molecule has 6 nitrogen and oxygen atoms in total. The summed E-state index contributed by atoms with van der Waals surface area (Å²) in [4.78, 5) is 34.1. The van der Waals surface area contributed by atoms with E-state index in [-0.39, 0.29) is 11.7 Å². The van der Waals surface area contributed by atoms with Crippen LogP contribution in [0.4, 0.5) is 11.6 Å². The number of hydrogen-bond acceptors (Lipinski definition) is 5. The van der Waals surface area contributed by atoms with Crippen LogP contribution >= 0.6 is 0 Å².